The van der Waals surface area contributed by atoms with E-state index in [9.17, 15) is 9.90 Å². The molecular formula is C20H21NO3. The zero-order valence-corrected chi connectivity index (χ0v) is 13.9. The van der Waals surface area contributed by atoms with Crippen LogP contribution in [0.5, 0.6) is 11.5 Å². The standard InChI is InChI=1S/C20H21NO3/c1-13(2)10-11-24-15-8-9-16-17(12-15)21-20(23)18(19(16)22)14-6-4-3-5-7-14/h3-9,12-13H,10-11H2,1-2H3,(H2,21,22,23). The van der Waals surface area contributed by atoms with Gasteiger partial charge in [-0.2, -0.15) is 0 Å². The molecule has 4 nitrogen and oxygen atoms in total. The van der Waals surface area contributed by atoms with Crippen LogP contribution in [0.15, 0.2) is 53.3 Å². The van der Waals surface area contributed by atoms with E-state index in [2.05, 4.69) is 18.8 Å². The minimum Gasteiger partial charge on any atom is -0.506 e. The second kappa shape index (κ2) is 6.79. The Morgan fingerprint density at radius 3 is 2.58 bits per heavy atom. The fraction of sp³-hybridized carbons (Fsp3) is 0.250. The Morgan fingerprint density at radius 2 is 1.88 bits per heavy atom. The molecule has 3 aromatic rings. The lowest BCUT2D eigenvalue weighted by atomic mass is 10.0. The molecule has 0 amide bonds. The van der Waals surface area contributed by atoms with Crippen molar-refractivity contribution in [3.8, 4) is 22.6 Å². The normalized spacial score (nSPS) is 11.1. The van der Waals surface area contributed by atoms with Crippen molar-refractivity contribution < 1.29 is 9.84 Å². The summed E-state index contributed by atoms with van der Waals surface area (Å²) in [6.45, 7) is 4.91. The molecular weight excluding hydrogens is 302 g/mol. The highest BCUT2D eigenvalue weighted by molar-refractivity contribution is 5.92. The summed E-state index contributed by atoms with van der Waals surface area (Å²) in [5.74, 6) is 1.25. The van der Waals surface area contributed by atoms with E-state index in [1.807, 2.05) is 24.3 Å². The number of aromatic amines is 1. The SMILES string of the molecule is CC(C)CCOc1ccc2c(O)c(-c3ccccc3)c(=O)[nH]c2c1. The Balaban J connectivity index is 2.00. The number of rotatable bonds is 5. The van der Waals surface area contributed by atoms with Crippen LogP contribution in [0.25, 0.3) is 22.0 Å². The first-order valence-corrected chi connectivity index (χ1v) is 8.13. The molecule has 124 valence electrons. The van der Waals surface area contributed by atoms with Crippen LogP contribution < -0.4 is 10.3 Å². The van der Waals surface area contributed by atoms with Gasteiger partial charge in [0.05, 0.1) is 17.7 Å². The molecule has 0 saturated carbocycles. The summed E-state index contributed by atoms with van der Waals surface area (Å²) < 4.78 is 5.72. The summed E-state index contributed by atoms with van der Waals surface area (Å²) in [6.07, 6.45) is 0.965. The van der Waals surface area contributed by atoms with Gasteiger partial charge in [-0.25, -0.2) is 0 Å². The lowest BCUT2D eigenvalue weighted by Gasteiger charge is -2.11. The molecule has 0 spiro atoms. The molecule has 0 radical (unpaired) electrons. The molecule has 0 saturated heterocycles. The number of fused-ring (bicyclic) bond motifs is 1. The van der Waals surface area contributed by atoms with Crippen molar-refractivity contribution in [2.45, 2.75) is 20.3 Å². The number of nitrogens with one attached hydrogen (secondary N) is 1. The first-order chi connectivity index (χ1) is 11.6. The maximum absolute atomic E-state index is 12.4. The third-order valence-electron chi connectivity index (χ3n) is 3.98. The molecule has 1 aromatic heterocycles. The van der Waals surface area contributed by atoms with Gasteiger partial charge in [0, 0.05) is 11.5 Å². The van der Waals surface area contributed by atoms with Crippen molar-refractivity contribution in [3.05, 3.63) is 58.9 Å². The fourth-order valence-electron chi connectivity index (χ4n) is 2.64. The number of hydrogen-bond acceptors (Lipinski definition) is 3. The summed E-state index contributed by atoms with van der Waals surface area (Å²) in [7, 11) is 0. The monoisotopic (exact) mass is 323 g/mol. The van der Waals surface area contributed by atoms with E-state index in [-0.39, 0.29) is 16.9 Å². The van der Waals surface area contributed by atoms with Gasteiger partial charge in [-0.05, 0) is 30.0 Å². The van der Waals surface area contributed by atoms with E-state index in [1.165, 1.54) is 0 Å². The smallest absolute Gasteiger partial charge is 0.260 e. The van der Waals surface area contributed by atoms with Crippen LogP contribution in [0.1, 0.15) is 20.3 Å². The van der Waals surface area contributed by atoms with Crippen molar-refractivity contribution in [3.63, 3.8) is 0 Å². The van der Waals surface area contributed by atoms with Gasteiger partial charge >= 0.3 is 0 Å². The lowest BCUT2D eigenvalue weighted by Crippen LogP contribution is -2.09. The molecule has 2 aromatic carbocycles. The fourth-order valence-corrected chi connectivity index (χ4v) is 2.64. The summed E-state index contributed by atoms with van der Waals surface area (Å²) in [5, 5.41) is 11.2. The van der Waals surface area contributed by atoms with E-state index in [1.54, 1.807) is 24.3 Å². The Hall–Kier alpha value is -2.75. The quantitative estimate of drug-likeness (QED) is 0.735. The molecule has 0 unspecified atom stereocenters. The van der Waals surface area contributed by atoms with E-state index in [0.29, 0.717) is 34.7 Å². The van der Waals surface area contributed by atoms with Crippen LogP contribution in [0.2, 0.25) is 0 Å². The first kappa shape index (κ1) is 16.1. The summed E-state index contributed by atoms with van der Waals surface area (Å²) >= 11 is 0. The maximum atomic E-state index is 12.4. The van der Waals surface area contributed by atoms with Crippen molar-refractivity contribution in [1.29, 1.82) is 0 Å². The predicted molar refractivity (Wildman–Crippen MR) is 96.6 cm³/mol. The van der Waals surface area contributed by atoms with E-state index >= 15 is 0 Å². The molecule has 0 atom stereocenters. The third kappa shape index (κ3) is 3.27. The van der Waals surface area contributed by atoms with Gasteiger partial charge in [0.15, 0.2) is 0 Å². The number of aromatic nitrogens is 1. The minimum atomic E-state index is -0.314. The summed E-state index contributed by atoms with van der Waals surface area (Å²) in [6, 6.07) is 14.5. The molecule has 0 aliphatic rings. The number of pyridine rings is 1. The molecule has 0 fully saturated rings. The summed E-state index contributed by atoms with van der Waals surface area (Å²) in [5.41, 5.74) is 1.23. The Labute approximate surface area is 140 Å². The molecule has 0 aliphatic carbocycles. The van der Waals surface area contributed by atoms with E-state index in [0.717, 1.165) is 6.42 Å². The number of H-pyrrole nitrogens is 1. The molecule has 0 bridgehead atoms. The average molecular weight is 323 g/mol. The van der Waals surface area contributed by atoms with Gasteiger partial charge in [-0.15, -0.1) is 0 Å². The van der Waals surface area contributed by atoms with Gasteiger partial charge in [-0.3, -0.25) is 4.79 Å². The van der Waals surface area contributed by atoms with Crippen molar-refractivity contribution >= 4 is 10.9 Å². The van der Waals surface area contributed by atoms with Crippen LogP contribution in [-0.2, 0) is 0 Å². The molecule has 24 heavy (non-hydrogen) atoms. The largest absolute Gasteiger partial charge is 0.506 e. The molecule has 3 rings (SSSR count). The van der Waals surface area contributed by atoms with Gasteiger partial charge in [0.2, 0.25) is 0 Å². The van der Waals surface area contributed by atoms with Gasteiger partial charge in [0.1, 0.15) is 11.5 Å². The molecule has 4 heteroatoms. The van der Waals surface area contributed by atoms with Crippen LogP contribution in [0.3, 0.4) is 0 Å². The molecule has 1 heterocycles. The Bertz CT molecular complexity index is 898. The summed E-state index contributed by atoms with van der Waals surface area (Å²) in [4.78, 5) is 15.3. The maximum Gasteiger partial charge on any atom is 0.260 e. The number of hydrogen-bond donors (Lipinski definition) is 2. The Morgan fingerprint density at radius 1 is 1.12 bits per heavy atom. The third-order valence-corrected chi connectivity index (χ3v) is 3.98. The van der Waals surface area contributed by atoms with Crippen molar-refractivity contribution in [1.82, 2.24) is 4.98 Å². The van der Waals surface area contributed by atoms with E-state index < -0.39 is 0 Å². The highest BCUT2D eigenvalue weighted by Crippen LogP contribution is 2.33. The minimum absolute atomic E-state index is 0.00585. The average Bonchev–Trinajstić information content (AvgIpc) is 2.55. The van der Waals surface area contributed by atoms with Crippen molar-refractivity contribution in [2.24, 2.45) is 5.92 Å². The van der Waals surface area contributed by atoms with Crippen LogP contribution in [-0.4, -0.2) is 16.7 Å². The highest BCUT2D eigenvalue weighted by atomic mass is 16.5. The highest BCUT2D eigenvalue weighted by Gasteiger charge is 2.14. The zero-order valence-electron chi connectivity index (χ0n) is 13.9. The second-order valence-electron chi connectivity index (χ2n) is 6.28. The van der Waals surface area contributed by atoms with Crippen LogP contribution in [0.4, 0.5) is 0 Å². The van der Waals surface area contributed by atoms with Crippen LogP contribution in [0, 0.1) is 5.92 Å². The zero-order chi connectivity index (χ0) is 17.1. The number of ether oxygens (including phenoxy) is 1. The Kier molecular flexibility index (Phi) is 4.56. The van der Waals surface area contributed by atoms with Gasteiger partial charge in [0.25, 0.3) is 5.56 Å². The van der Waals surface area contributed by atoms with Gasteiger partial charge < -0.3 is 14.8 Å². The second-order valence-corrected chi connectivity index (χ2v) is 6.28. The first-order valence-electron chi connectivity index (χ1n) is 8.13. The lowest BCUT2D eigenvalue weighted by molar-refractivity contribution is 0.290. The topological polar surface area (TPSA) is 62.3 Å². The van der Waals surface area contributed by atoms with Gasteiger partial charge in [-0.1, -0.05) is 44.2 Å². The predicted octanol–water partition coefficient (Wildman–Crippen LogP) is 4.33. The number of benzene rings is 2. The molecule has 2 N–H and O–H groups in total. The van der Waals surface area contributed by atoms with Crippen molar-refractivity contribution in [2.75, 3.05) is 6.61 Å². The molecule has 0 aliphatic heterocycles. The number of aromatic hydroxyl groups is 1. The van der Waals surface area contributed by atoms with Crippen LogP contribution >= 0.6 is 0 Å². The van der Waals surface area contributed by atoms with E-state index in [4.69, 9.17) is 4.74 Å².